The largest absolute Gasteiger partial charge is 0.460 e. The average Bonchev–Trinajstić information content (AvgIpc) is 4.15. The summed E-state index contributed by atoms with van der Waals surface area (Å²) in [5.74, 6) is -2.48. The molecule has 4 amide bonds. The number of alkyl carbamates (subject to hydrolysis) is 1. The van der Waals surface area contributed by atoms with Gasteiger partial charge < -0.3 is 34.8 Å². The Morgan fingerprint density at radius 2 is 1.25 bits per heavy atom. The Balaban J connectivity index is 0.782. The lowest BCUT2D eigenvalue weighted by atomic mass is 9.94. The first-order chi connectivity index (χ1) is 33.2. The molecule has 0 spiro atoms. The van der Waals surface area contributed by atoms with Gasteiger partial charge in [-0.2, -0.15) is 4.98 Å². The van der Waals surface area contributed by atoms with Crippen molar-refractivity contribution in [1.82, 2.24) is 31.0 Å². The molecule has 10 rings (SSSR count). The number of amides is 4. The minimum absolute atomic E-state index is 0.0305. The van der Waals surface area contributed by atoms with E-state index in [1.807, 2.05) is 84.9 Å². The predicted octanol–water partition coefficient (Wildman–Crippen LogP) is 6.95. The van der Waals surface area contributed by atoms with E-state index >= 15 is 0 Å². The summed E-state index contributed by atoms with van der Waals surface area (Å²) >= 11 is 0. The third-order valence-corrected chi connectivity index (χ3v) is 13.5. The number of likely N-dealkylation sites (tertiary alicyclic amines) is 1. The molecule has 3 N–H and O–H groups in total. The van der Waals surface area contributed by atoms with Crippen LogP contribution >= 0.6 is 0 Å². The molecule has 1 aromatic heterocycles. The lowest BCUT2D eigenvalue weighted by molar-refractivity contribution is -0.145. The summed E-state index contributed by atoms with van der Waals surface area (Å²) in [6.07, 6.45) is 2.05. The summed E-state index contributed by atoms with van der Waals surface area (Å²) in [4.78, 5) is 74.4. The molecule has 3 aliphatic carbocycles. The second-order valence-electron chi connectivity index (χ2n) is 17.9. The smallest absolute Gasteiger partial charge is 0.407 e. The maximum atomic E-state index is 14.1. The number of nitrogens with zero attached hydrogens (tertiary/aromatic N) is 3. The summed E-state index contributed by atoms with van der Waals surface area (Å²) in [6, 6.07) is 41.4. The molecule has 1 saturated heterocycles. The first-order valence-corrected chi connectivity index (χ1v) is 23.0. The molecule has 3 fully saturated rings. The normalized spacial score (nSPS) is 21.4. The number of benzene rings is 5. The van der Waals surface area contributed by atoms with Gasteiger partial charge in [-0.15, -0.1) is 0 Å². The standard InChI is InChI=1S/C54H50N6O8/c1-2-25-66-53(64)47(57-54(65)67-31-44-38-19-11-9-17-36(38)37-18-10-12-20-39(37)44)28-48-58-49(59-68-48)34-21-23-35(24-22-34)52(63)60-29-42(50(61)55-45-26-40(45)32-13-5-3-6-14-32)43(30-60)51(62)56-46-27-41(46)33-15-7-4-8-16-33/h2-24,40-47H,1,25-31H2,(H,55,61)(H,56,62)(H,57,65)/t40-,41-,42-,43-,45+,46+,47+/m1/s1. The average molecular weight is 911 g/mol. The van der Waals surface area contributed by atoms with Gasteiger partial charge in [0.1, 0.15) is 19.3 Å². The van der Waals surface area contributed by atoms with E-state index in [-0.39, 0.29) is 92.0 Å². The zero-order valence-corrected chi connectivity index (χ0v) is 37.2. The number of hydrogen-bond donors (Lipinski definition) is 3. The number of hydrogen-bond acceptors (Lipinski definition) is 10. The van der Waals surface area contributed by atoms with Crippen molar-refractivity contribution < 1.29 is 38.0 Å². The highest BCUT2D eigenvalue weighted by atomic mass is 16.6. The van der Waals surface area contributed by atoms with Crippen molar-refractivity contribution in [2.45, 2.75) is 55.1 Å². The third-order valence-electron chi connectivity index (χ3n) is 13.5. The fourth-order valence-corrected chi connectivity index (χ4v) is 9.72. The number of nitrogens with one attached hydrogen (secondary N) is 3. The Labute approximate surface area is 393 Å². The summed E-state index contributed by atoms with van der Waals surface area (Å²) in [5.41, 5.74) is 7.48. The molecule has 2 heterocycles. The molecule has 4 aliphatic rings. The molecule has 2 saturated carbocycles. The van der Waals surface area contributed by atoms with Crippen molar-refractivity contribution in [3.8, 4) is 22.5 Å². The van der Waals surface area contributed by atoms with E-state index in [1.54, 1.807) is 29.2 Å². The van der Waals surface area contributed by atoms with Crippen LogP contribution in [0.25, 0.3) is 22.5 Å². The Hall–Kier alpha value is -7.87. The number of ether oxygens (including phenoxy) is 2. The first kappa shape index (κ1) is 44.0. The summed E-state index contributed by atoms with van der Waals surface area (Å²) in [6.45, 7) is 3.76. The van der Waals surface area contributed by atoms with Crippen LogP contribution in [0, 0.1) is 11.8 Å². The first-order valence-electron chi connectivity index (χ1n) is 23.0. The van der Waals surface area contributed by atoms with Crippen molar-refractivity contribution in [3.63, 3.8) is 0 Å². The maximum absolute atomic E-state index is 14.1. The van der Waals surface area contributed by atoms with E-state index in [0.717, 1.165) is 46.2 Å². The number of carbonyl (C=O) groups is 5. The van der Waals surface area contributed by atoms with E-state index in [2.05, 4.69) is 56.9 Å². The van der Waals surface area contributed by atoms with E-state index < -0.39 is 29.9 Å². The fraction of sp³-hybridized carbons (Fsp3) is 0.278. The molecule has 0 radical (unpaired) electrons. The van der Waals surface area contributed by atoms with Crippen LogP contribution in [0.2, 0.25) is 0 Å². The quantitative estimate of drug-likeness (QED) is 0.0679. The number of fused-ring (bicyclic) bond motifs is 3. The molecule has 1 aliphatic heterocycles. The summed E-state index contributed by atoms with van der Waals surface area (Å²) in [5, 5.41) is 13.1. The van der Waals surface area contributed by atoms with Gasteiger partial charge in [-0.3, -0.25) is 14.4 Å². The molecule has 0 bridgehead atoms. The number of esters is 1. The molecular formula is C54H50N6O8. The predicted molar refractivity (Wildman–Crippen MR) is 251 cm³/mol. The SMILES string of the molecule is C=CCOC(=O)[C@H](Cc1nc(-c2ccc(C(=O)N3C[C@@H](C(=O)N[C@H]4C[C@@H]4c4ccccc4)[C@H](C(=O)N[C@H]4C[C@@H]4c4ccccc4)C3)cc2)no1)NC(=O)OCC1c2ccccc2-c2ccccc21. The van der Waals surface area contributed by atoms with Crippen molar-refractivity contribution in [2.24, 2.45) is 11.8 Å². The molecule has 14 heteroatoms. The highest BCUT2D eigenvalue weighted by Gasteiger charge is 2.49. The van der Waals surface area contributed by atoms with Crippen LogP contribution in [0.3, 0.4) is 0 Å². The molecule has 68 heavy (non-hydrogen) atoms. The van der Waals surface area contributed by atoms with Crippen molar-refractivity contribution >= 4 is 29.8 Å². The van der Waals surface area contributed by atoms with Crippen LogP contribution in [-0.4, -0.2) is 89.3 Å². The lowest BCUT2D eigenvalue weighted by Crippen LogP contribution is -2.44. The second-order valence-corrected chi connectivity index (χ2v) is 17.9. The van der Waals surface area contributed by atoms with Crippen LogP contribution in [0.15, 0.2) is 151 Å². The molecule has 7 atom stereocenters. The molecule has 5 aromatic carbocycles. The van der Waals surface area contributed by atoms with Crippen molar-refractivity contribution in [1.29, 1.82) is 0 Å². The zero-order chi connectivity index (χ0) is 46.7. The Morgan fingerprint density at radius 1 is 0.706 bits per heavy atom. The molecular weight excluding hydrogens is 861 g/mol. The number of aromatic nitrogens is 2. The van der Waals surface area contributed by atoms with Gasteiger partial charge in [-0.05, 0) is 58.4 Å². The van der Waals surface area contributed by atoms with Gasteiger partial charge in [0.25, 0.3) is 5.91 Å². The molecule has 0 unspecified atom stereocenters. The Bertz CT molecular complexity index is 2730. The van der Waals surface area contributed by atoms with Crippen LogP contribution in [0.4, 0.5) is 4.79 Å². The fourth-order valence-electron chi connectivity index (χ4n) is 9.72. The minimum atomic E-state index is -1.22. The Morgan fingerprint density at radius 3 is 1.81 bits per heavy atom. The van der Waals surface area contributed by atoms with E-state index in [0.29, 0.717) is 11.1 Å². The van der Waals surface area contributed by atoms with Gasteiger partial charge in [0.05, 0.1) is 18.3 Å². The van der Waals surface area contributed by atoms with Gasteiger partial charge in [-0.25, -0.2) is 9.59 Å². The van der Waals surface area contributed by atoms with E-state index in [1.165, 1.54) is 6.08 Å². The van der Waals surface area contributed by atoms with Crippen molar-refractivity contribution in [3.05, 3.63) is 180 Å². The van der Waals surface area contributed by atoms with Gasteiger partial charge in [-0.1, -0.05) is 139 Å². The van der Waals surface area contributed by atoms with Crippen LogP contribution in [0.5, 0.6) is 0 Å². The highest BCUT2D eigenvalue weighted by Crippen LogP contribution is 2.45. The molecule has 14 nitrogen and oxygen atoms in total. The van der Waals surface area contributed by atoms with Crippen LogP contribution in [-0.2, 0) is 30.3 Å². The highest BCUT2D eigenvalue weighted by molar-refractivity contribution is 5.97. The van der Waals surface area contributed by atoms with Crippen LogP contribution < -0.4 is 16.0 Å². The minimum Gasteiger partial charge on any atom is -0.460 e. The van der Waals surface area contributed by atoms with Gasteiger partial charge in [0, 0.05) is 54.1 Å². The monoisotopic (exact) mass is 910 g/mol. The van der Waals surface area contributed by atoms with Crippen LogP contribution in [0.1, 0.15) is 69.1 Å². The lowest BCUT2D eigenvalue weighted by Gasteiger charge is -2.18. The van der Waals surface area contributed by atoms with Crippen molar-refractivity contribution in [2.75, 3.05) is 26.3 Å². The van der Waals surface area contributed by atoms with Gasteiger partial charge in [0.15, 0.2) is 0 Å². The maximum Gasteiger partial charge on any atom is 0.407 e. The number of rotatable bonds is 16. The molecule has 344 valence electrons. The third kappa shape index (κ3) is 9.39. The number of carbonyl (C=O) groups excluding carboxylic acids is 5. The Kier molecular flexibility index (Phi) is 12.4. The van der Waals surface area contributed by atoms with Gasteiger partial charge >= 0.3 is 12.1 Å². The second kappa shape index (κ2) is 19.2. The zero-order valence-electron chi connectivity index (χ0n) is 37.2. The summed E-state index contributed by atoms with van der Waals surface area (Å²) < 4.78 is 16.5. The van der Waals surface area contributed by atoms with E-state index in [4.69, 9.17) is 14.0 Å². The van der Waals surface area contributed by atoms with Gasteiger partial charge in [0.2, 0.25) is 23.5 Å². The molecule has 6 aromatic rings. The summed E-state index contributed by atoms with van der Waals surface area (Å²) in [7, 11) is 0. The topological polar surface area (TPSA) is 182 Å². The van der Waals surface area contributed by atoms with E-state index in [9.17, 15) is 24.0 Å².